The van der Waals surface area contributed by atoms with E-state index in [2.05, 4.69) is 20.5 Å². The Hall–Kier alpha value is -2.57. The van der Waals surface area contributed by atoms with E-state index in [4.69, 9.17) is 9.47 Å². The molecular weight excluding hydrogens is 308 g/mol. The number of aromatic amines is 1. The number of H-pyrrole nitrogens is 1. The van der Waals surface area contributed by atoms with Gasteiger partial charge in [0.1, 0.15) is 5.56 Å². The van der Waals surface area contributed by atoms with E-state index in [-0.39, 0.29) is 11.8 Å². The molecule has 24 heavy (non-hydrogen) atoms. The molecule has 2 N–H and O–H groups in total. The number of amides is 1. The fourth-order valence-corrected chi connectivity index (χ4v) is 3.00. The average Bonchev–Trinajstić information content (AvgIpc) is 2.85. The highest BCUT2D eigenvalue weighted by Crippen LogP contribution is 2.22. The maximum absolute atomic E-state index is 12.4. The van der Waals surface area contributed by atoms with Gasteiger partial charge >= 0.3 is 0 Å². The fraction of sp³-hybridized carbons (Fsp3) is 0.471. The van der Waals surface area contributed by atoms with Crippen LogP contribution in [0, 0.1) is 0 Å². The summed E-state index contributed by atoms with van der Waals surface area (Å²) in [6.45, 7) is 0.389. The first kappa shape index (κ1) is 16.3. The predicted molar refractivity (Wildman–Crippen MR) is 88.4 cm³/mol. The highest BCUT2D eigenvalue weighted by molar-refractivity contribution is 5.96. The van der Waals surface area contributed by atoms with Gasteiger partial charge in [-0.3, -0.25) is 9.89 Å². The zero-order chi connectivity index (χ0) is 16.9. The Kier molecular flexibility index (Phi) is 4.98. The molecule has 2 heterocycles. The zero-order valence-electron chi connectivity index (χ0n) is 14.0. The molecule has 0 saturated heterocycles. The molecule has 0 fully saturated rings. The Labute approximate surface area is 140 Å². The quantitative estimate of drug-likeness (QED) is 0.819. The molecule has 0 aromatic carbocycles. The van der Waals surface area contributed by atoms with E-state index in [0.29, 0.717) is 18.0 Å². The summed E-state index contributed by atoms with van der Waals surface area (Å²) in [5, 5.41) is 10.4. The van der Waals surface area contributed by atoms with Crippen molar-refractivity contribution in [3.05, 3.63) is 34.6 Å². The molecule has 0 saturated carbocycles. The topological polar surface area (TPSA) is 89.1 Å². The van der Waals surface area contributed by atoms with Gasteiger partial charge in [-0.25, -0.2) is 0 Å². The first-order valence-corrected chi connectivity index (χ1v) is 8.15. The van der Waals surface area contributed by atoms with E-state index >= 15 is 0 Å². The molecule has 3 rings (SSSR count). The number of methoxy groups -OCH3 is 2. The maximum atomic E-state index is 12.4. The molecule has 1 aliphatic rings. The van der Waals surface area contributed by atoms with Crippen LogP contribution in [0.2, 0.25) is 0 Å². The molecule has 1 aliphatic carbocycles. The number of hydrogen-bond acceptors (Lipinski definition) is 5. The second kappa shape index (κ2) is 7.33. The zero-order valence-corrected chi connectivity index (χ0v) is 14.0. The average molecular weight is 330 g/mol. The van der Waals surface area contributed by atoms with Crippen LogP contribution in [0.15, 0.2) is 12.1 Å². The third-order valence-electron chi connectivity index (χ3n) is 4.29. The van der Waals surface area contributed by atoms with Crippen LogP contribution in [0.1, 0.15) is 46.6 Å². The largest absolute Gasteiger partial charge is 0.481 e. The molecule has 2 aromatic rings. The van der Waals surface area contributed by atoms with Crippen LogP contribution < -0.4 is 14.8 Å². The number of pyridine rings is 1. The lowest BCUT2D eigenvalue weighted by molar-refractivity contribution is 0.0946. The van der Waals surface area contributed by atoms with Crippen molar-refractivity contribution in [2.45, 2.75) is 38.6 Å². The van der Waals surface area contributed by atoms with Crippen LogP contribution in [-0.4, -0.2) is 35.3 Å². The maximum Gasteiger partial charge on any atom is 0.257 e. The second-order valence-corrected chi connectivity index (χ2v) is 5.78. The number of fused-ring (bicyclic) bond motifs is 1. The Bertz CT molecular complexity index is 727. The van der Waals surface area contributed by atoms with E-state index in [1.54, 1.807) is 12.1 Å². The highest BCUT2D eigenvalue weighted by atomic mass is 16.5. The molecule has 128 valence electrons. The normalized spacial score (nSPS) is 13.8. The second-order valence-electron chi connectivity index (χ2n) is 5.78. The van der Waals surface area contributed by atoms with Crippen LogP contribution in [0.3, 0.4) is 0 Å². The summed E-state index contributed by atoms with van der Waals surface area (Å²) < 4.78 is 10.2. The Morgan fingerprint density at radius 1 is 1.21 bits per heavy atom. The molecule has 0 radical (unpaired) electrons. The van der Waals surface area contributed by atoms with Crippen molar-refractivity contribution in [2.24, 2.45) is 0 Å². The molecule has 7 heteroatoms. The molecule has 2 aromatic heterocycles. The number of nitrogens with zero attached hydrogens (tertiary/aromatic N) is 2. The van der Waals surface area contributed by atoms with E-state index in [1.165, 1.54) is 44.7 Å². The third kappa shape index (κ3) is 3.34. The van der Waals surface area contributed by atoms with Crippen molar-refractivity contribution in [3.8, 4) is 11.8 Å². The van der Waals surface area contributed by atoms with Crippen LogP contribution in [0.5, 0.6) is 11.8 Å². The van der Waals surface area contributed by atoms with Gasteiger partial charge in [0.25, 0.3) is 5.91 Å². The molecule has 0 spiro atoms. The molecule has 0 atom stereocenters. The highest BCUT2D eigenvalue weighted by Gasteiger charge is 2.18. The minimum atomic E-state index is -0.243. The number of aryl methyl sites for hydroxylation is 1. The van der Waals surface area contributed by atoms with Crippen molar-refractivity contribution >= 4 is 5.91 Å². The van der Waals surface area contributed by atoms with Crippen molar-refractivity contribution in [1.29, 1.82) is 0 Å². The number of rotatable bonds is 5. The van der Waals surface area contributed by atoms with Crippen molar-refractivity contribution in [3.63, 3.8) is 0 Å². The predicted octanol–water partition coefficient (Wildman–Crippen LogP) is 2.02. The summed E-state index contributed by atoms with van der Waals surface area (Å²) in [5.41, 5.74) is 3.76. The Morgan fingerprint density at radius 3 is 2.83 bits per heavy atom. The van der Waals surface area contributed by atoms with Crippen LogP contribution in [-0.2, 0) is 19.4 Å². The summed E-state index contributed by atoms with van der Waals surface area (Å²) in [5.74, 6) is 0.404. The van der Waals surface area contributed by atoms with E-state index < -0.39 is 0 Å². The van der Waals surface area contributed by atoms with Crippen LogP contribution in [0.4, 0.5) is 0 Å². The van der Waals surface area contributed by atoms with Crippen LogP contribution in [0.25, 0.3) is 0 Å². The van der Waals surface area contributed by atoms with Crippen molar-refractivity contribution < 1.29 is 14.3 Å². The number of nitrogens with one attached hydrogen (secondary N) is 2. The monoisotopic (exact) mass is 330 g/mol. The SMILES string of the molecule is COc1ccc(C(=O)NCc2n[nH]c3c2CCCCC3)c(OC)n1. The van der Waals surface area contributed by atoms with Gasteiger partial charge in [0.2, 0.25) is 11.8 Å². The fourth-order valence-electron chi connectivity index (χ4n) is 3.00. The van der Waals surface area contributed by atoms with Gasteiger partial charge in [-0.05, 0) is 37.3 Å². The third-order valence-corrected chi connectivity index (χ3v) is 4.29. The van der Waals surface area contributed by atoms with Crippen molar-refractivity contribution in [1.82, 2.24) is 20.5 Å². The molecule has 0 unspecified atom stereocenters. The molecule has 7 nitrogen and oxygen atoms in total. The summed E-state index contributed by atoms with van der Waals surface area (Å²) in [6.07, 6.45) is 5.65. The molecule has 0 aliphatic heterocycles. The summed E-state index contributed by atoms with van der Waals surface area (Å²) in [4.78, 5) is 16.6. The Balaban J connectivity index is 1.71. The number of carbonyl (C=O) groups is 1. The van der Waals surface area contributed by atoms with Gasteiger partial charge in [0, 0.05) is 11.8 Å². The number of aromatic nitrogens is 3. The summed E-state index contributed by atoms with van der Waals surface area (Å²) in [7, 11) is 3.00. The minimum Gasteiger partial charge on any atom is -0.481 e. The van der Waals surface area contributed by atoms with Gasteiger partial charge in [-0.2, -0.15) is 10.1 Å². The first-order valence-electron chi connectivity index (χ1n) is 8.15. The summed E-state index contributed by atoms with van der Waals surface area (Å²) in [6, 6.07) is 3.28. The smallest absolute Gasteiger partial charge is 0.257 e. The van der Waals surface area contributed by atoms with Crippen molar-refractivity contribution in [2.75, 3.05) is 14.2 Å². The molecule has 0 bridgehead atoms. The number of hydrogen-bond donors (Lipinski definition) is 2. The van der Waals surface area contributed by atoms with E-state index in [0.717, 1.165) is 18.5 Å². The lowest BCUT2D eigenvalue weighted by Crippen LogP contribution is -2.24. The minimum absolute atomic E-state index is 0.243. The van der Waals surface area contributed by atoms with E-state index in [9.17, 15) is 4.79 Å². The van der Waals surface area contributed by atoms with Gasteiger partial charge in [-0.15, -0.1) is 0 Å². The first-order chi connectivity index (χ1) is 11.7. The molecule has 1 amide bonds. The van der Waals surface area contributed by atoms with Gasteiger partial charge < -0.3 is 14.8 Å². The number of ether oxygens (including phenoxy) is 2. The van der Waals surface area contributed by atoms with Gasteiger partial charge in [-0.1, -0.05) is 6.42 Å². The lowest BCUT2D eigenvalue weighted by atomic mass is 10.1. The lowest BCUT2D eigenvalue weighted by Gasteiger charge is -2.09. The number of carbonyl (C=O) groups excluding carboxylic acids is 1. The summed E-state index contributed by atoms with van der Waals surface area (Å²) >= 11 is 0. The van der Waals surface area contributed by atoms with Gasteiger partial charge in [0.05, 0.1) is 26.5 Å². The van der Waals surface area contributed by atoms with Crippen LogP contribution >= 0.6 is 0 Å². The van der Waals surface area contributed by atoms with E-state index in [1.807, 2.05) is 0 Å². The standard InChI is InChI=1S/C17H22N4O3/c1-23-15-9-8-12(17(19-15)24-2)16(22)18-10-14-11-6-4-3-5-7-13(11)20-21-14/h8-9H,3-7,10H2,1-2H3,(H,18,22)(H,20,21). The molecular formula is C17H22N4O3. The van der Waals surface area contributed by atoms with Gasteiger partial charge in [0.15, 0.2) is 0 Å². The Morgan fingerprint density at radius 2 is 2.04 bits per heavy atom.